The molecule has 0 fully saturated rings. The van der Waals surface area contributed by atoms with Crippen LogP contribution in [-0.4, -0.2) is 24.1 Å². The van der Waals surface area contributed by atoms with E-state index in [1.54, 1.807) is 0 Å². The minimum absolute atomic E-state index is 0.541. The molecule has 4 heterocycles. The number of rotatable bonds is 8. The molecule has 350 valence electrons. The van der Waals surface area contributed by atoms with Crippen LogP contribution in [0.1, 0.15) is 0 Å². The van der Waals surface area contributed by atoms with Crippen molar-refractivity contribution in [2.45, 2.75) is 0 Å². The first kappa shape index (κ1) is 42.5. The van der Waals surface area contributed by atoms with Gasteiger partial charge in [0.2, 0.25) is 5.95 Å². The molecule has 0 amide bonds. The van der Waals surface area contributed by atoms with Crippen LogP contribution in [0.15, 0.2) is 265 Å². The molecule has 4 aromatic heterocycles. The van der Waals surface area contributed by atoms with Gasteiger partial charge in [0.1, 0.15) is 11.2 Å². The first-order chi connectivity index (χ1) is 37.2. The molecular formula is C69H43N5O. The van der Waals surface area contributed by atoms with E-state index in [0.29, 0.717) is 17.6 Å². The zero-order chi connectivity index (χ0) is 49.4. The van der Waals surface area contributed by atoms with Crippen LogP contribution in [0.2, 0.25) is 0 Å². The predicted molar refractivity (Wildman–Crippen MR) is 308 cm³/mol. The SMILES string of the molecule is c1ccc(-c2cccc(-c3ccc(-n4c5ccccc5c5ccccc54)c(-c4ccc5oc6ccc(-c7nc(-c8ccccc8)nc(-n8c9ccccc9c9cccc(-c%10ccccc%10)c98)n7)cc6c5c4)c3)c2)cc1. The van der Waals surface area contributed by atoms with Gasteiger partial charge in [-0.3, -0.25) is 4.57 Å². The monoisotopic (exact) mass is 957 g/mol. The van der Waals surface area contributed by atoms with Gasteiger partial charge in [0.05, 0.1) is 27.8 Å². The molecule has 0 aliphatic rings. The Morgan fingerprint density at radius 1 is 0.267 bits per heavy atom. The number of furan rings is 1. The van der Waals surface area contributed by atoms with Crippen LogP contribution in [0.4, 0.5) is 0 Å². The molecule has 6 heteroatoms. The summed E-state index contributed by atoms with van der Waals surface area (Å²) in [6.45, 7) is 0. The molecule has 6 nitrogen and oxygen atoms in total. The Morgan fingerprint density at radius 3 is 1.40 bits per heavy atom. The van der Waals surface area contributed by atoms with E-state index in [2.05, 4.69) is 246 Å². The average molecular weight is 958 g/mol. The molecule has 0 aliphatic carbocycles. The number of para-hydroxylation sites is 4. The average Bonchev–Trinajstić information content (AvgIpc) is 4.18. The van der Waals surface area contributed by atoms with Crippen LogP contribution in [0.3, 0.4) is 0 Å². The summed E-state index contributed by atoms with van der Waals surface area (Å²) in [6.07, 6.45) is 0. The molecule has 11 aromatic carbocycles. The minimum atomic E-state index is 0.541. The largest absolute Gasteiger partial charge is 0.456 e. The minimum Gasteiger partial charge on any atom is -0.456 e. The van der Waals surface area contributed by atoms with E-state index in [1.165, 1.54) is 21.9 Å². The first-order valence-electron chi connectivity index (χ1n) is 25.3. The lowest BCUT2D eigenvalue weighted by Gasteiger charge is -2.16. The lowest BCUT2D eigenvalue weighted by Crippen LogP contribution is -2.07. The van der Waals surface area contributed by atoms with Crippen molar-refractivity contribution in [1.29, 1.82) is 0 Å². The van der Waals surface area contributed by atoms with Crippen LogP contribution < -0.4 is 0 Å². The van der Waals surface area contributed by atoms with Crippen molar-refractivity contribution in [3.63, 3.8) is 0 Å². The molecule has 15 aromatic rings. The van der Waals surface area contributed by atoms with Crippen molar-refractivity contribution in [2.75, 3.05) is 0 Å². The van der Waals surface area contributed by atoms with E-state index in [1.807, 2.05) is 24.3 Å². The molecule has 0 unspecified atom stereocenters. The molecule has 0 aliphatic heterocycles. The highest BCUT2D eigenvalue weighted by molar-refractivity contribution is 6.14. The summed E-state index contributed by atoms with van der Waals surface area (Å²) in [6, 6.07) is 92.4. The van der Waals surface area contributed by atoms with Crippen LogP contribution in [0, 0.1) is 0 Å². The number of benzene rings is 11. The van der Waals surface area contributed by atoms with Gasteiger partial charge in [0, 0.05) is 54.6 Å². The van der Waals surface area contributed by atoms with E-state index >= 15 is 0 Å². The van der Waals surface area contributed by atoms with Gasteiger partial charge in [-0.1, -0.05) is 194 Å². The van der Waals surface area contributed by atoms with Crippen molar-refractivity contribution >= 4 is 65.6 Å². The molecular weight excluding hydrogens is 915 g/mol. The topological polar surface area (TPSA) is 61.7 Å². The van der Waals surface area contributed by atoms with E-state index in [-0.39, 0.29) is 0 Å². The fourth-order valence-electron chi connectivity index (χ4n) is 11.3. The summed E-state index contributed by atoms with van der Waals surface area (Å²) in [7, 11) is 0. The van der Waals surface area contributed by atoms with Crippen LogP contribution in [-0.2, 0) is 0 Å². The smallest absolute Gasteiger partial charge is 0.238 e. The molecule has 15 rings (SSSR count). The quantitative estimate of drug-likeness (QED) is 0.152. The summed E-state index contributed by atoms with van der Waals surface area (Å²) in [5, 5.41) is 6.67. The molecule has 0 saturated carbocycles. The maximum absolute atomic E-state index is 6.67. The molecule has 0 spiro atoms. The highest BCUT2D eigenvalue weighted by Crippen LogP contribution is 2.43. The van der Waals surface area contributed by atoms with Gasteiger partial charge in [0.15, 0.2) is 11.6 Å². The van der Waals surface area contributed by atoms with Crippen LogP contribution >= 0.6 is 0 Å². The zero-order valence-corrected chi connectivity index (χ0v) is 40.5. The summed E-state index contributed by atoms with van der Waals surface area (Å²) in [5.74, 6) is 1.69. The van der Waals surface area contributed by atoms with Gasteiger partial charge >= 0.3 is 0 Å². The summed E-state index contributed by atoms with van der Waals surface area (Å²) in [5.41, 5.74) is 17.8. The Hall–Kier alpha value is -10.2. The van der Waals surface area contributed by atoms with Gasteiger partial charge < -0.3 is 8.98 Å². The summed E-state index contributed by atoms with van der Waals surface area (Å²) < 4.78 is 11.3. The Kier molecular flexibility index (Phi) is 9.78. The second-order valence-electron chi connectivity index (χ2n) is 19.1. The van der Waals surface area contributed by atoms with Crippen molar-refractivity contribution in [2.24, 2.45) is 0 Å². The van der Waals surface area contributed by atoms with Crippen molar-refractivity contribution < 1.29 is 4.42 Å². The molecule has 0 bridgehead atoms. The van der Waals surface area contributed by atoms with Gasteiger partial charge in [-0.2, -0.15) is 9.97 Å². The van der Waals surface area contributed by atoms with E-state index in [0.717, 1.165) is 105 Å². The molecule has 75 heavy (non-hydrogen) atoms. The summed E-state index contributed by atoms with van der Waals surface area (Å²) >= 11 is 0. The van der Waals surface area contributed by atoms with Gasteiger partial charge in [-0.15, -0.1) is 0 Å². The number of fused-ring (bicyclic) bond motifs is 9. The second kappa shape index (κ2) is 17.3. The first-order valence-corrected chi connectivity index (χ1v) is 25.3. The van der Waals surface area contributed by atoms with Gasteiger partial charge in [-0.25, -0.2) is 4.98 Å². The van der Waals surface area contributed by atoms with E-state index < -0.39 is 0 Å². The fourth-order valence-corrected chi connectivity index (χ4v) is 11.3. The normalized spacial score (nSPS) is 11.7. The third-order valence-electron chi connectivity index (χ3n) is 14.8. The standard InChI is InChI=1S/C69H43N5O/c1-4-18-44(19-5-1)47-24-16-25-48(40-47)49-34-37-63(73-60-31-13-10-26-53(60)54-27-11-14-32-61(54)73)57(41-49)50-35-38-64-58(42-50)59-43-51(36-39-65(59)75-64)68-70-67(46-22-8-3-9-23-46)71-69(72-68)74-62-33-15-12-28-55(62)56-30-17-29-52(66(56)74)45-20-6-2-7-21-45/h1-43H. The van der Waals surface area contributed by atoms with Crippen LogP contribution in [0.5, 0.6) is 0 Å². The molecule has 0 atom stereocenters. The Bertz CT molecular complexity index is 4650. The predicted octanol–water partition coefficient (Wildman–Crippen LogP) is 18.0. The molecule has 0 saturated heterocycles. The highest BCUT2D eigenvalue weighted by atomic mass is 16.3. The summed E-state index contributed by atoms with van der Waals surface area (Å²) in [4.78, 5) is 15.9. The van der Waals surface area contributed by atoms with Crippen molar-refractivity contribution in [3.05, 3.63) is 261 Å². The third-order valence-corrected chi connectivity index (χ3v) is 14.8. The van der Waals surface area contributed by atoms with Gasteiger partial charge in [0.25, 0.3) is 0 Å². The second-order valence-corrected chi connectivity index (χ2v) is 19.1. The Balaban J connectivity index is 0.932. The molecule has 0 radical (unpaired) electrons. The lowest BCUT2D eigenvalue weighted by molar-refractivity contribution is 0.669. The number of hydrogen-bond acceptors (Lipinski definition) is 4. The van der Waals surface area contributed by atoms with E-state index in [9.17, 15) is 0 Å². The van der Waals surface area contributed by atoms with Gasteiger partial charge in [-0.05, 0) is 100 Å². The van der Waals surface area contributed by atoms with Crippen molar-refractivity contribution in [1.82, 2.24) is 24.1 Å². The third kappa shape index (κ3) is 7.07. The number of aromatic nitrogens is 5. The Morgan fingerprint density at radius 2 is 0.733 bits per heavy atom. The van der Waals surface area contributed by atoms with E-state index in [4.69, 9.17) is 19.4 Å². The van der Waals surface area contributed by atoms with Crippen molar-refractivity contribution in [3.8, 4) is 78.9 Å². The highest BCUT2D eigenvalue weighted by Gasteiger charge is 2.22. The maximum Gasteiger partial charge on any atom is 0.238 e. The zero-order valence-electron chi connectivity index (χ0n) is 40.5. The lowest BCUT2D eigenvalue weighted by atomic mass is 9.94. The molecule has 0 N–H and O–H groups in total. The number of hydrogen-bond donors (Lipinski definition) is 0. The van der Waals surface area contributed by atoms with Crippen LogP contribution in [0.25, 0.3) is 144 Å². The number of nitrogens with zero attached hydrogens (tertiary/aromatic N) is 5. The fraction of sp³-hybridized carbons (Fsp3) is 0. The maximum atomic E-state index is 6.67. The Labute approximate surface area is 431 Å².